The summed E-state index contributed by atoms with van der Waals surface area (Å²) in [5, 5.41) is 2.68. The Balaban J connectivity index is 1.75. The van der Waals surface area contributed by atoms with E-state index in [2.05, 4.69) is 5.32 Å². The Morgan fingerprint density at radius 2 is 2.22 bits per heavy atom. The van der Waals surface area contributed by atoms with E-state index in [1.54, 1.807) is 18.2 Å². The van der Waals surface area contributed by atoms with Gasteiger partial charge in [-0.05, 0) is 25.0 Å². The number of rotatable bonds is 2. The molecule has 0 saturated heterocycles. The molecular weight excluding hydrogens is 234 g/mol. The number of anilines is 1. The van der Waals surface area contributed by atoms with Crippen LogP contribution in [0, 0.1) is 5.92 Å². The van der Waals surface area contributed by atoms with Crippen LogP contribution in [0.15, 0.2) is 18.2 Å². The van der Waals surface area contributed by atoms with Crippen LogP contribution in [-0.2, 0) is 9.59 Å². The van der Waals surface area contributed by atoms with E-state index >= 15 is 0 Å². The molecule has 1 aliphatic heterocycles. The smallest absolute Gasteiger partial charge is 0.314 e. The minimum Gasteiger partial charge on any atom is -0.482 e. The number of benzene rings is 1. The van der Waals surface area contributed by atoms with Crippen molar-refractivity contribution in [3.8, 4) is 11.5 Å². The largest absolute Gasteiger partial charge is 0.482 e. The quantitative estimate of drug-likeness (QED) is 0.638. The maximum Gasteiger partial charge on any atom is 0.314 e. The third-order valence-electron chi connectivity index (χ3n) is 3.24. The van der Waals surface area contributed by atoms with Crippen molar-refractivity contribution in [2.24, 2.45) is 5.92 Å². The summed E-state index contributed by atoms with van der Waals surface area (Å²) >= 11 is 0. The van der Waals surface area contributed by atoms with Gasteiger partial charge < -0.3 is 14.8 Å². The zero-order chi connectivity index (χ0) is 12.5. The molecule has 1 amide bonds. The Morgan fingerprint density at radius 1 is 1.39 bits per heavy atom. The molecule has 0 radical (unpaired) electrons. The fraction of sp³-hybridized carbons (Fsp3) is 0.385. The van der Waals surface area contributed by atoms with Gasteiger partial charge in [0.15, 0.2) is 6.61 Å². The van der Waals surface area contributed by atoms with E-state index in [1.165, 1.54) is 0 Å². The fourth-order valence-electron chi connectivity index (χ4n) is 1.97. The lowest BCUT2D eigenvalue weighted by Crippen LogP contribution is -2.27. The van der Waals surface area contributed by atoms with Crippen molar-refractivity contribution in [3.05, 3.63) is 18.2 Å². The van der Waals surface area contributed by atoms with E-state index in [0.29, 0.717) is 17.2 Å². The Kier molecular flexibility index (Phi) is 2.66. The highest BCUT2D eigenvalue weighted by atomic mass is 16.5. The van der Waals surface area contributed by atoms with Crippen LogP contribution < -0.4 is 14.8 Å². The average Bonchev–Trinajstić information content (AvgIpc) is 2.25. The normalized spacial score (nSPS) is 18.1. The zero-order valence-corrected chi connectivity index (χ0v) is 9.77. The van der Waals surface area contributed by atoms with Crippen LogP contribution in [-0.4, -0.2) is 18.5 Å². The molecule has 0 aromatic heterocycles. The second kappa shape index (κ2) is 4.33. The van der Waals surface area contributed by atoms with Gasteiger partial charge in [-0.1, -0.05) is 6.42 Å². The Labute approximate surface area is 104 Å². The molecule has 0 atom stereocenters. The summed E-state index contributed by atoms with van der Waals surface area (Å²) < 4.78 is 10.5. The van der Waals surface area contributed by atoms with Crippen molar-refractivity contribution in [3.63, 3.8) is 0 Å². The monoisotopic (exact) mass is 247 g/mol. The van der Waals surface area contributed by atoms with Crippen molar-refractivity contribution in [1.29, 1.82) is 0 Å². The lowest BCUT2D eigenvalue weighted by atomic mass is 9.86. The van der Waals surface area contributed by atoms with Crippen LogP contribution in [0.1, 0.15) is 19.3 Å². The van der Waals surface area contributed by atoms with Crippen molar-refractivity contribution >= 4 is 17.6 Å². The molecule has 1 aromatic rings. The molecule has 1 fully saturated rings. The first-order chi connectivity index (χ1) is 8.72. The SMILES string of the molecule is O=C1COc2ccc(OC(=O)C3CCC3)cc2N1. The third kappa shape index (κ3) is 2.03. The molecule has 1 aliphatic carbocycles. The standard InChI is InChI=1S/C13H13NO4/c15-12-7-17-11-5-4-9(6-10(11)14-12)18-13(16)8-2-1-3-8/h4-6,8H,1-3,7H2,(H,14,15). The van der Waals surface area contributed by atoms with Gasteiger partial charge in [0.25, 0.3) is 5.91 Å². The van der Waals surface area contributed by atoms with Gasteiger partial charge in [0.1, 0.15) is 11.5 Å². The van der Waals surface area contributed by atoms with Gasteiger partial charge in [0.05, 0.1) is 11.6 Å². The first-order valence-electron chi connectivity index (χ1n) is 6.01. The second-order valence-corrected chi connectivity index (χ2v) is 4.54. The molecule has 1 N–H and O–H groups in total. The molecule has 2 aliphatic rings. The predicted molar refractivity (Wildman–Crippen MR) is 63.5 cm³/mol. The van der Waals surface area contributed by atoms with Gasteiger partial charge in [-0.2, -0.15) is 0 Å². The summed E-state index contributed by atoms with van der Waals surface area (Å²) in [6.07, 6.45) is 2.90. The number of carbonyl (C=O) groups excluding carboxylic acids is 2. The maximum atomic E-state index is 11.7. The summed E-state index contributed by atoms with van der Waals surface area (Å²) in [6.45, 7) is 0.0220. The predicted octanol–water partition coefficient (Wildman–Crippen LogP) is 1.72. The second-order valence-electron chi connectivity index (χ2n) is 4.54. The lowest BCUT2D eigenvalue weighted by Gasteiger charge is -2.23. The van der Waals surface area contributed by atoms with Crippen LogP contribution in [0.25, 0.3) is 0 Å². The van der Waals surface area contributed by atoms with E-state index in [-0.39, 0.29) is 24.4 Å². The van der Waals surface area contributed by atoms with Crippen LogP contribution in [0.3, 0.4) is 0 Å². The molecule has 0 unspecified atom stereocenters. The molecule has 0 bridgehead atoms. The van der Waals surface area contributed by atoms with E-state index < -0.39 is 0 Å². The summed E-state index contributed by atoms with van der Waals surface area (Å²) in [7, 11) is 0. The fourth-order valence-corrected chi connectivity index (χ4v) is 1.97. The molecule has 1 saturated carbocycles. The molecule has 5 heteroatoms. The molecule has 94 valence electrons. The van der Waals surface area contributed by atoms with E-state index in [0.717, 1.165) is 19.3 Å². The number of hydrogen-bond acceptors (Lipinski definition) is 4. The van der Waals surface area contributed by atoms with Crippen LogP contribution in [0.5, 0.6) is 11.5 Å². The molecule has 5 nitrogen and oxygen atoms in total. The topological polar surface area (TPSA) is 64.6 Å². The zero-order valence-electron chi connectivity index (χ0n) is 9.77. The first-order valence-corrected chi connectivity index (χ1v) is 6.01. The van der Waals surface area contributed by atoms with Crippen LogP contribution >= 0.6 is 0 Å². The number of fused-ring (bicyclic) bond motifs is 1. The van der Waals surface area contributed by atoms with Gasteiger partial charge in [0.2, 0.25) is 0 Å². The molecule has 0 spiro atoms. The number of carbonyl (C=O) groups is 2. The number of ether oxygens (including phenoxy) is 2. The Hall–Kier alpha value is -2.04. The van der Waals surface area contributed by atoms with Crippen molar-refractivity contribution in [2.75, 3.05) is 11.9 Å². The van der Waals surface area contributed by atoms with Crippen molar-refractivity contribution in [1.82, 2.24) is 0 Å². The van der Waals surface area contributed by atoms with E-state index in [9.17, 15) is 9.59 Å². The van der Waals surface area contributed by atoms with Gasteiger partial charge >= 0.3 is 5.97 Å². The van der Waals surface area contributed by atoms with Crippen LogP contribution in [0.4, 0.5) is 5.69 Å². The van der Waals surface area contributed by atoms with Gasteiger partial charge in [0, 0.05) is 6.07 Å². The average molecular weight is 247 g/mol. The number of esters is 1. The Bertz CT molecular complexity index is 508. The number of hydrogen-bond donors (Lipinski definition) is 1. The summed E-state index contributed by atoms with van der Waals surface area (Å²) in [4.78, 5) is 22.9. The molecule has 3 rings (SSSR count). The van der Waals surface area contributed by atoms with Gasteiger partial charge in [-0.3, -0.25) is 9.59 Å². The highest BCUT2D eigenvalue weighted by Gasteiger charge is 2.27. The summed E-state index contributed by atoms with van der Waals surface area (Å²) in [6, 6.07) is 4.98. The minimum atomic E-state index is -0.204. The van der Waals surface area contributed by atoms with E-state index in [4.69, 9.17) is 9.47 Å². The van der Waals surface area contributed by atoms with Crippen molar-refractivity contribution in [2.45, 2.75) is 19.3 Å². The number of nitrogens with one attached hydrogen (secondary N) is 1. The minimum absolute atomic E-state index is 0.0220. The molecule has 18 heavy (non-hydrogen) atoms. The van der Waals surface area contributed by atoms with Gasteiger partial charge in [-0.25, -0.2) is 0 Å². The molecular formula is C13H13NO4. The maximum absolute atomic E-state index is 11.7. The Morgan fingerprint density at radius 3 is 2.94 bits per heavy atom. The number of amides is 1. The van der Waals surface area contributed by atoms with Crippen LogP contribution in [0.2, 0.25) is 0 Å². The highest BCUT2D eigenvalue weighted by Crippen LogP contribution is 2.33. The molecule has 1 heterocycles. The third-order valence-corrected chi connectivity index (χ3v) is 3.24. The first kappa shape index (κ1) is 11.1. The molecule has 1 aromatic carbocycles. The van der Waals surface area contributed by atoms with Crippen molar-refractivity contribution < 1.29 is 19.1 Å². The summed E-state index contributed by atoms with van der Waals surface area (Å²) in [5.74, 6) is 0.676. The van der Waals surface area contributed by atoms with E-state index in [1.807, 2.05) is 0 Å². The summed E-state index contributed by atoms with van der Waals surface area (Å²) in [5.41, 5.74) is 0.546. The lowest BCUT2D eigenvalue weighted by molar-refractivity contribution is -0.141. The van der Waals surface area contributed by atoms with Gasteiger partial charge in [-0.15, -0.1) is 0 Å². The highest BCUT2D eigenvalue weighted by molar-refractivity contribution is 5.95.